The van der Waals surface area contributed by atoms with E-state index in [4.69, 9.17) is 17.3 Å². The second-order valence-electron chi connectivity index (χ2n) is 7.51. The maximum atomic E-state index is 15.3. The first-order valence-electron chi connectivity index (χ1n) is 8.97. The highest BCUT2D eigenvalue weighted by Crippen LogP contribution is 2.53. The molecule has 0 radical (unpaired) electrons. The standard InChI is InChI=1S/C19H17ClF2N4O3S/c1-18(16(22)30(28,29)19(6-7-19)17(23)26-18)12-8-11(3-4-13(12)21)25-15(27)14-5-2-10(20)9-24-14/h2-5,8-9,16H,6-7H2,1H3,(H2,23,26)(H,25,27). The fourth-order valence-electron chi connectivity index (χ4n) is 3.58. The number of carbonyl (C=O) groups excluding carboxylic acids is 1. The SMILES string of the molecule is CC1(c2cc(NC(=O)c3ccc(Cl)cn3)ccc2F)N=C(N)C2(CC2)S(=O)(=O)C1F. The average Bonchev–Trinajstić information content (AvgIpc) is 3.50. The number of alkyl halides is 1. The number of nitrogens with zero attached hydrogens (tertiary/aromatic N) is 2. The molecule has 4 rings (SSSR count). The minimum Gasteiger partial charge on any atom is -0.386 e. The van der Waals surface area contributed by atoms with Crippen LogP contribution in [0.15, 0.2) is 41.5 Å². The molecule has 2 aromatic rings. The van der Waals surface area contributed by atoms with Crippen molar-refractivity contribution in [3.63, 3.8) is 0 Å². The zero-order valence-corrected chi connectivity index (χ0v) is 17.3. The molecule has 1 amide bonds. The molecule has 2 heterocycles. The summed E-state index contributed by atoms with van der Waals surface area (Å²) < 4.78 is 53.9. The molecule has 0 saturated heterocycles. The number of amidine groups is 1. The third-order valence-electron chi connectivity index (χ3n) is 5.51. The first-order valence-corrected chi connectivity index (χ1v) is 10.9. The lowest BCUT2D eigenvalue weighted by Gasteiger charge is -2.37. The van der Waals surface area contributed by atoms with Crippen LogP contribution in [0.3, 0.4) is 0 Å². The van der Waals surface area contributed by atoms with E-state index in [2.05, 4.69) is 15.3 Å². The van der Waals surface area contributed by atoms with Crippen LogP contribution in [0.2, 0.25) is 5.02 Å². The van der Waals surface area contributed by atoms with Crippen LogP contribution in [-0.4, -0.2) is 35.4 Å². The quantitative estimate of drug-likeness (QED) is 0.740. The third kappa shape index (κ3) is 2.97. The number of anilines is 1. The summed E-state index contributed by atoms with van der Waals surface area (Å²) in [6.07, 6.45) is 1.67. The van der Waals surface area contributed by atoms with E-state index >= 15 is 4.39 Å². The molecule has 0 bridgehead atoms. The van der Waals surface area contributed by atoms with Gasteiger partial charge in [-0.3, -0.25) is 9.79 Å². The molecule has 2 aliphatic rings. The highest BCUT2D eigenvalue weighted by atomic mass is 35.5. The number of pyridine rings is 1. The van der Waals surface area contributed by atoms with E-state index in [-0.39, 0.29) is 35.6 Å². The van der Waals surface area contributed by atoms with Gasteiger partial charge in [-0.15, -0.1) is 0 Å². The van der Waals surface area contributed by atoms with Crippen molar-refractivity contribution in [2.24, 2.45) is 10.7 Å². The molecule has 2 atom stereocenters. The van der Waals surface area contributed by atoms with Crippen molar-refractivity contribution >= 4 is 38.9 Å². The summed E-state index contributed by atoms with van der Waals surface area (Å²) in [5.41, 5.74) is 1.12. The summed E-state index contributed by atoms with van der Waals surface area (Å²) in [5, 5.41) is 2.86. The van der Waals surface area contributed by atoms with Crippen LogP contribution in [0.5, 0.6) is 0 Å². The Labute approximate surface area is 176 Å². The predicted octanol–water partition coefficient (Wildman–Crippen LogP) is 2.96. The number of amides is 1. The summed E-state index contributed by atoms with van der Waals surface area (Å²) in [5.74, 6) is -1.71. The van der Waals surface area contributed by atoms with Crippen LogP contribution in [-0.2, 0) is 15.4 Å². The summed E-state index contributed by atoms with van der Waals surface area (Å²) in [4.78, 5) is 20.3. The van der Waals surface area contributed by atoms with Crippen molar-refractivity contribution in [1.29, 1.82) is 0 Å². The van der Waals surface area contributed by atoms with Crippen LogP contribution < -0.4 is 11.1 Å². The van der Waals surface area contributed by atoms with E-state index in [1.165, 1.54) is 31.3 Å². The van der Waals surface area contributed by atoms with Gasteiger partial charge in [0.05, 0.1) is 5.02 Å². The van der Waals surface area contributed by atoms with Crippen LogP contribution >= 0.6 is 11.6 Å². The Morgan fingerprint density at radius 2 is 2.00 bits per heavy atom. The van der Waals surface area contributed by atoms with Crippen molar-refractivity contribution in [2.45, 2.75) is 35.6 Å². The summed E-state index contributed by atoms with van der Waals surface area (Å²) in [6, 6.07) is 6.28. The van der Waals surface area contributed by atoms with Crippen LogP contribution in [0, 0.1) is 5.82 Å². The minimum absolute atomic E-state index is 0.0537. The van der Waals surface area contributed by atoms with Gasteiger partial charge in [0.15, 0.2) is 9.84 Å². The first kappa shape index (κ1) is 20.7. The van der Waals surface area contributed by atoms with Gasteiger partial charge < -0.3 is 11.1 Å². The molecule has 7 nitrogen and oxygen atoms in total. The fourth-order valence-corrected chi connectivity index (χ4v) is 5.88. The number of nitrogens with two attached hydrogens (primary N) is 1. The van der Waals surface area contributed by atoms with E-state index in [9.17, 15) is 17.6 Å². The lowest BCUT2D eigenvalue weighted by atomic mass is 9.92. The van der Waals surface area contributed by atoms with E-state index in [0.29, 0.717) is 5.02 Å². The van der Waals surface area contributed by atoms with Gasteiger partial charge in [-0.25, -0.2) is 22.2 Å². The molecule has 11 heteroatoms. The van der Waals surface area contributed by atoms with Gasteiger partial charge in [-0.05, 0) is 50.1 Å². The number of hydrogen-bond donors (Lipinski definition) is 2. The van der Waals surface area contributed by atoms with E-state index in [0.717, 1.165) is 12.1 Å². The number of aromatic nitrogens is 1. The normalized spacial score (nSPS) is 26.1. The minimum atomic E-state index is -4.33. The Morgan fingerprint density at radius 1 is 1.30 bits per heavy atom. The zero-order valence-electron chi connectivity index (χ0n) is 15.7. The molecule has 1 aliphatic heterocycles. The molecule has 1 fully saturated rings. The summed E-state index contributed by atoms with van der Waals surface area (Å²) in [7, 11) is -4.33. The van der Waals surface area contributed by atoms with Gasteiger partial charge in [-0.2, -0.15) is 0 Å². The molecule has 158 valence electrons. The molecule has 3 N–H and O–H groups in total. The second kappa shape index (κ2) is 6.71. The van der Waals surface area contributed by atoms with Crippen molar-refractivity contribution in [2.75, 3.05) is 5.32 Å². The topological polar surface area (TPSA) is 115 Å². The number of rotatable bonds is 3. The monoisotopic (exact) mass is 454 g/mol. The van der Waals surface area contributed by atoms with Crippen LogP contribution in [0.25, 0.3) is 0 Å². The number of sulfone groups is 1. The molecule has 30 heavy (non-hydrogen) atoms. The maximum Gasteiger partial charge on any atom is 0.274 e. The van der Waals surface area contributed by atoms with Crippen LogP contribution in [0.4, 0.5) is 14.5 Å². The highest BCUT2D eigenvalue weighted by molar-refractivity contribution is 7.94. The maximum absolute atomic E-state index is 15.3. The molecule has 1 spiro atoms. The first-order chi connectivity index (χ1) is 14.0. The fraction of sp³-hybridized carbons (Fsp3) is 0.316. The van der Waals surface area contributed by atoms with Crippen LogP contribution in [0.1, 0.15) is 35.8 Å². The number of carbonyl (C=O) groups is 1. The predicted molar refractivity (Wildman–Crippen MR) is 108 cm³/mol. The zero-order chi connectivity index (χ0) is 21.9. The number of halogens is 3. The van der Waals surface area contributed by atoms with E-state index in [1.807, 2.05) is 0 Å². The molecule has 1 aromatic heterocycles. The van der Waals surface area contributed by atoms with Gasteiger partial charge in [0.25, 0.3) is 5.91 Å². The van der Waals surface area contributed by atoms with Gasteiger partial charge in [-0.1, -0.05) is 11.6 Å². The van der Waals surface area contributed by atoms with Crippen molar-refractivity contribution in [1.82, 2.24) is 4.98 Å². The number of benzene rings is 1. The Balaban J connectivity index is 1.72. The van der Waals surface area contributed by atoms with Crippen molar-refractivity contribution in [3.8, 4) is 0 Å². The largest absolute Gasteiger partial charge is 0.386 e. The molecule has 1 saturated carbocycles. The Morgan fingerprint density at radius 3 is 2.60 bits per heavy atom. The van der Waals surface area contributed by atoms with E-state index < -0.39 is 37.4 Å². The van der Waals surface area contributed by atoms with Gasteiger partial charge in [0.2, 0.25) is 5.50 Å². The lowest BCUT2D eigenvalue weighted by molar-refractivity contribution is 0.102. The Hall–Kier alpha value is -2.59. The third-order valence-corrected chi connectivity index (χ3v) is 8.45. The molecule has 1 aromatic carbocycles. The van der Waals surface area contributed by atoms with Crippen molar-refractivity contribution < 1.29 is 22.0 Å². The van der Waals surface area contributed by atoms with Gasteiger partial charge in [0, 0.05) is 17.4 Å². The lowest BCUT2D eigenvalue weighted by Crippen LogP contribution is -2.54. The van der Waals surface area contributed by atoms with Gasteiger partial charge in [0.1, 0.15) is 27.6 Å². The van der Waals surface area contributed by atoms with Gasteiger partial charge >= 0.3 is 0 Å². The number of hydrogen-bond acceptors (Lipinski definition) is 6. The Kier molecular flexibility index (Phi) is 4.62. The molecule has 2 unspecified atom stereocenters. The molecular formula is C19H17ClF2N4O3S. The number of aliphatic imine (C=N–C) groups is 1. The number of nitrogens with one attached hydrogen (secondary N) is 1. The van der Waals surface area contributed by atoms with E-state index in [1.54, 1.807) is 0 Å². The smallest absolute Gasteiger partial charge is 0.274 e. The average molecular weight is 455 g/mol. The molecular weight excluding hydrogens is 438 g/mol. The second-order valence-corrected chi connectivity index (χ2v) is 10.2. The Bertz CT molecular complexity index is 1180. The molecule has 1 aliphatic carbocycles. The van der Waals surface area contributed by atoms with Crippen molar-refractivity contribution in [3.05, 3.63) is 58.6 Å². The summed E-state index contributed by atoms with van der Waals surface area (Å²) in [6.45, 7) is 1.17. The summed E-state index contributed by atoms with van der Waals surface area (Å²) >= 11 is 5.75. The highest BCUT2D eigenvalue weighted by Gasteiger charge is 2.67.